The zero-order valence-corrected chi connectivity index (χ0v) is 15.3. The number of fused-ring (bicyclic) bond motifs is 1. The van der Waals surface area contributed by atoms with Crippen molar-refractivity contribution in [1.82, 2.24) is 4.90 Å². The molecule has 0 saturated carbocycles. The molecule has 1 saturated heterocycles. The fourth-order valence-corrected chi connectivity index (χ4v) is 3.50. The van der Waals surface area contributed by atoms with Gasteiger partial charge in [-0.05, 0) is 49.2 Å². The highest BCUT2D eigenvalue weighted by Crippen LogP contribution is 2.33. The first kappa shape index (κ1) is 17.4. The normalized spacial score (nSPS) is 15.3. The minimum atomic E-state index is -0.0522. The number of rotatable bonds is 5. The summed E-state index contributed by atoms with van der Waals surface area (Å²) in [6, 6.07) is 13.1. The summed E-state index contributed by atoms with van der Waals surface area (Å²) in [6.07, 6.45) is 1.44. The molecule has 6 heteroatoms. The molecule has 27 heavy (non-hydrogen) atoms. The van der Waals surface area contributed by atoms with Gasteiger partial charge in [-0.25, -0.2) is 0 Å². The zero-order valence-electron chi connectivity index (χ0n) is 15.3. The fourth-order valence-electron chi connectivity index (χ4n) is 3.50. The lowest BCUT2D eigenvalue weighted by Gasteiger charge is -2.22. The van der Waals surface area contributed by atoms with Gasteiger partial charge in [0.2, 0.25) is 12.7 Å². The first-order valence-electron chi connectivity index (χ1n) is 9.24. The van der Waals surface area contributed by atoms with E-state index in [0.717, 1.165) is 23.4 Å². The summed E-state index contributed by atoms with van der Waals surface area (Å²) in [5, 5.41) is 0. The molecule has 140 valence electrons. The van der Waals surface area contributed by atoms with E-state index in [0.29, 0.717) is 37.4 Å². The van der Waals surface area contributed by atoms with Gasteiger partial charge in [0.05, 0.1) is 0 Å². The molecule has 0 N–H and O–H groups in total. The Balaban J connectivity index is 1.52. The second kappa shape index (κ2) is 7.31. The van der Waals surface area contributed by atoms with Crippen molar-refractivity contribution in [3.8, 4) is 11.5 Å². The molecule has 0 radical (unpaired) electrons. The molecule has 4 rings (SSSR count). The van der Waals surface area contributed by atoms with Crippen LogP contribution in [0, 0.1) is 0 Å². The van der Waals surface area contributed by atoms with Gasteiger partial charge in [-0.2, -0.15) is 0 Å². The molecule has 2 amide bonds. The van der Waals surface area contributed by atoms with E-state index in [4.69, 9.17) is 9.47 Å². The molecular weight excluding hydrogens is 344 g/mol. The van der Waals surface area contributed by atoms with E-state index in [9.17, 15) is 9.59 Å². The molecule has 0 atom stereocenters. The molecule has 2 aliphatic rings. The molecule has 2 aliphatic heterocycles. The SMILES string of the molecule is CCN(Cc1ccc2c(c1)OCO2)C(=O)c1cccc(N2CCCC2=O)c1. The Morgan fingerprint density at radius 2 is 2.00 bits per heavy atom. The molecule has 0 aliphatic carbocycles. The maximum atomic E-state index is 13.0. The van der Waals surface area contributed by atoms with Crippen LogP contribution >= 0.6 is 0 Å². The van der Waals surface area contributed by atoms with E-state index in [1.165, 1.54) is 0 Å². The number of ether oxygens (including phenoxy) is 2. The van der Waals surface area contributed by atoms with E-state index in [1.807, 2.05) is 43.3 Å². The largest absolute Gasteiger partial charge is 0.454 e. The average molecular weight is 366 g/mol. The Bertz CT molecular complexity index is 880. The maximum absolute atomic E-state index is 13.0. The predicted molar refractivity (Wildman–Crippen MR) is 101 cm³/mol. The van der Waals surface area contributed by atoms with Gasteiger partial charge in [0.15, 0.2) is 11.5 Å². The van der Waals surface area contributed by atoms with Gasteiger partial charge in [-0.3, -0.25) is 9.59 Å². The maximum Gasteiger partial charge on any atom is 0.254 e. The molecule has 0 unspecified atom stereocenters. The minimum Gasteiger partial charge on any atom is -0.454 e. The van der Waals surface area contributed by atoms with Crippen LogP contribution in [0.5, 0.6) is 11.5 Å². The lowest BCUT2D eigenvalue weighted by Crippen LogP contribution is -2.30. The minimum absolute atomic E-state index is 0.0522. The number of anilines is 1. The monoisotopic (exact) mass is 366 g/mol. The number of nitrogens with zero attached hydrogens (tertiary/aromatic N) is 2. The Hall–Kier alpha value is -3.02. The van der Waals surface area contributed by atoms with Crippen molar-refractivity contribution in [2.45, 2.75) is 26.3 Å². The van der Waals surface area contributed by atoms with Crippen molar-refractivity contribution in [2.24, 2.45) is 0 Å². The first-order chi connectivity index (χ1) is 13.2. The van der Waals surface area contributed by atoms with Crippen LogP contribution in [0.4, 0.5) is 5.69 Å². The van der Waals surface area contributed by atoms with Gasteiger partial charge < -0.3 is 19.3 Å². The van der Waals surface area contributed by atoms with Crippen molar-refractivity contribution in [3.05, 3.63) is 53.6 Å². The summed E-state index contributed by atoms with van der Waals surface area (Å²) in [5.74, 6) is 1.51. The van der Waals surface area contributed by atoms with E-state index in [1.54, 1.807) is 15.9 Å². The predicted octanol–water partition coefficient (Wildman–Crippen LogP) is 3.20. The number of benzene rings is 2. The van der Waals surface area contributed by atoms with Crippen LogP contribution in [0.2, 0.25) is 0 Å². The Kier molecular flexibility index (Phi) is 4.71. The van der Waals surface area contributed by atoms with Crippen LogP contribution in [0.15, 0.2) is 42.5 Å². The Morgan fingerprint density at radius 1 is 1.15 bits per heavy atom. The van der Waals surface area contributed by atoms with Gasteiger partial charge in [0, 0.05) is 37.3 Å². The Labute approximate surface area is 158 Å². The van der Waals surface area contributed by atoms with Crippen LogP contribution in [-0.2, 0) is 11.3 Å². The van der Waals surface area contributed by atoms with Crippen molar-refractivity contribution in [2.75, 3.05) is 24.8 Å². The molecule has 6 nitrogen and oxygen atoms in total. The quantitative estimate of drug-likeness (QED) is 0.815. The summed E-state index contributed by atoms with van der Waals surface area (Å²) in [5.41, 5.74) is 2.37. The summed E-state index contributed by atoms with van der Waals surface area (Å²) < 4.78 is 10.8. The summed E-state index contributed by atoms with van der Waals surface area (Å²) in [4.78, 5) is 28.6. The van der Waals surface area contributed by atoms with Crippen LogP contribution in [0.25, 0.3) is 0 Å². The van der Waals surface area contributed by atoms with Crippen LogP contribution in [0.3, 0.4) is 0 Å². The van der Waals surface area contributed by atoms with Crippen molar-refractivity contribution >= 4 is 17.5 Å². The number of carbonyl (C=O) groups excluding carboxylic acids is 2. The molecule has 1 fully saturated rings. The lowest BCUT2D eigenvalue weighted by atomic mass is 10.1. The highest BCUT2D eigenvalue weighted by molar-refractivity contribution is 5.99. The third kappa shape index (κ3) is 3.47. The van der Waals surface area contributed by atoms with Crippen LogP contribution < -0.4 is 14.4 Å². The van der Waals surface area contributed by atoms with Crippen LogP contribution in [0.1, 0.15) is 35.7 Å². The van der Waals surface area contributed by atoms with Gasteiger partial charge in [-0.1, -0.05) is 12.1 Å². The van der Waals surface area contributed by atoms with E-state index in [2.05, 4.69) is 0 Å². The highest BCUT2D eigenvalue weighted by atomic mass is 16.7. The number of hydrogen-bond donors (Lipinski definition) is 0. The van der Waals surface area contributed by atoms with Gasteiger partial charge >= 0.3 is 0 Å². The van der Waals surface area contributed by atoms with Crippen molar-refractivity contribution < 1.29 is 19.1 Å². The van der Waals surface area contributed by atoms with E-state index < -0.39 is 0 Å². The fraction of sp³-hybridized carbons (Fsp3) is 0.333. The second-order valence-electron chi connectivity index (χ2n) is 6.71. The molecule has 0 spiro atoms. The molecule has 2 heterocycles. The number of hydrogen-bond acceptors (Lipinski definition) is 4. The first-order valence-corrected chi connectivity index (χ1v) is 9.24. The molecular formula is C21H22N2O4. The zero-order chi connectivity index (χ0) is 18.8. The standard InChI is InChI=1S/C21H22N2O4/c1-2-22(13-15-8-9-18-19(11-15)27-14-26-18)21(25)16-5-3-6-17(12-16)23-10-4-7-20(23)24/h3,5-6,8-9,11-12H,2,4,7,10,13-14H2,1H3. The summed E-state index contributed by atoms with van der Waals surface area (Å²) in [7, 11) is 0. The summed E-state index contributed by atoms with van der Waals surface area (Å²) >= 11 is 0. The van der Waals surface area contributed by atoms with Gasteiger partial charge in [0.25, 0.3) is 5.91 Å². The number of amides is 2. The molecule has 0 bridgehead atoms. The van der Waals surface area contributed by atoms with E-state index >= 15 is 0 Å². The van der Waals surface area contributed by atoms with E-state index in [-0.39, 0.29) is 18.6 Å². The van der Waals surface area contributed by atoms with Crippen LogP contribution in [-0.4, -0.2) is 36.6 Å². The van der Waals surface area contributed by atoms with Crippen molar-refractivity contribution in [1.29, 1.82) is 0 Å². The smallest absolute Gasteiger partial charge is 0.254 e. The van der Waals surface area contributed by atoms with Crippen molar-refractivity contribution in [3.63, 3.8) is 0 Å². The highest BCUT2D eigenvalue weighted by Gasteiger charge is 2.23. The average Bonchev–Trinajstić information content (AvgIpc) is 3.34. The molecule has 2 aromatic rings. The number of carbonyl (C=O) groups is 2. The van der Waals surface area contributed by atoms with Gasteiger partial charge in [-0.15, -0.1) is 0 Å². The van der Waals surface area contributed by atoms with Gasteiger partial charge in [0.1, 0.15) is 0 Å². The Morgan fingerprint density at radius 3 is 2.78 bits per heavy atom. The third-order valence-electron chi connectivity index (χ3n) is 4.96. The summed E-state index contributed by atoms with van der Waals surface area (Å²) in [6.45, 7) is 3.97. The lowest BCUT2D eigenvalue weighted by molar-refractivity contribution is -0.117. The molecule has 2 aromatic carbocycles. The third-order valence-corrected chi connectivity index (χ3v) is 4.96. The topological polar surface area (TPSA) is 59.1 Å². The molecule has 0 aromatic heterocycles. The second-order valence-corrected chi connectivity index (χ2v) is 6.71.